The van der Waals surface area contributed by atoms with Gasteiger partial charge in [-0.2, -0.15) is 0 Å². The van der Waals surface area contributed by atoms with Gasteiger partial charge in [-0.25, -0.2) is 4.99 Å². The lowest BCUT2D eigenvalue weighted by Crippen LogP contribution is -2.21. The highest BCUT2D eigenvalue weighted by molar-refractivity contribution is 6.70. The maximum absolute atomic E-state index is 12.2. The molecule has 0 spiro atoms. The first-order chi connectivity index (χ1) is 9.18. The highest BCUT2D eigenvalue weighted by Crippen LogP contribution is 2.38. The van der Waals surface area contributed by atoms with Crippen LogP contribution in [0.3, 0.4) is 0 Å². The minimum absolute atomic E-state index is 0.00882. The molecule has 2 aliphatic carbocycles. The van der Waals surface area contributed by atoms with E-state index in [2.05, 4.69) is 4.99 Å². The van der Waals surface area contributed by atoms with Gasteiger partial charge in [0.15, 0.2) is 17.3 Å². The second kappa shape index (κ2) is 4.61. The minimum Gasteiger partial charge on any atom is -0.506 e. The van der Waals surface area contributed by atoms with E-state index in [4.69, 9.17) is 0 Å². The summed E-state index contributed by atoms with van der Waals surface area (Å²) in [6, 6.07) is 6.49. The number of carbonyl (C=O) groups is 2. The predicted octanol–water partition coefficient (Wildman–Crippen LogP) is 2.42. The van der Waals surface area contributed by atoms with E-state index >= 15 is 0 Å². The SMILES string of the molecule is O=C1C(=Nc2ccccc2O)C(=O)C2CCCCC12. The maximum Gasteiger partial charge on any atom is 0.188 e. The van der Waals surface area contributed by atoms with Gasteiger partial charge in [-0.05, 0) is 25.0 Å². The largest absolute Gasteiger partial charge is 0.506 e. The zero-order valence-electron chi connectivity index (χ0n) is 10.5. The molecule has 2 unspecified atom stereocenters. The van der Waals surface area contributed by atoms with Gasteiger partial charge in [0.1, 0.15) is 11.4 Å². The number of carbonyl (C=O) groups excluding carboxylic acids is 2. The van der Waals surface area contributed by atoms with Gasteiger partial charge < -0.3 is 5.11 Å². The molecule has 2 atom stereocenters. The smallest absolute Gasteiger partial charge is 0.188 e. The van der Waals surface area contributed by atoms with Crippen molar-refractivity contribution in [1.29, 1.82) is 0 Å². The highest BCUT2D eigenvalue weighted by Gasteiger charge is 2.47. The summed E-state index contributed by atoms with van der Waals surface area (Å²) in [6.07, 6.45) is 3.58. The molecule has 0 bridgehead atoms. The molecule has 1 aromatic rings. The Hall–Kier alpha value is -1.97. The van der Waals surface area contributed by atoms with Crippen molar-refractivity contribution in [1.82, 2.24) is 0 Å². The molecule has 2 fully saturated rings. The number of ketones is 2. The summed E-state index contributed by atoms with van der Waals surface area (Å²) in [6.45, 7) is 0. The first-order valence-electron chi connectivity index (χ1n) is 6.63. The molecule has 4 heteroatoms. The Morgan fingerprint density at radius 1 is 1.00 bits per heavy atom. The van der Waals surface area contributed by atoms with Crippen molar-refractivity contribution < 1.29 is 14.7 Å². The van der Waals surface area contributed by atoms with Crippen LogP contribution >= 0.6 is 0 Å². The van der Waals surface area contributed by atoms with Crippen LogP contribution in [0.5, 0.6) is 5.75 Å². The van der Waals surface area contributed by atoms with Crippen molar-refractivity contribution in [3.05, 3.63) is 24.3 Å². The molecule has 4 nitrogen and oxygen atoms in total. The number of para-hydroxylation sites is 2. The van der Waals surface area contributed by atoms with Crippen LogP contribution in [-0.4, -0.2) is 22.4 Å². The van der Waals surface area contributed by atoms with Gasteiger partial charge in [-0.1, -0.05) is 25.0 Å². The van der Waals surface area contributed by atoms with Crippen LogP contribution in [0.1, 0.15) is 25.7 Å². The van der Waals surface area contributed by atoms with E-state index in [1.807, 2.05) is 0 Å². The third-order valence-electron chi connectivity index (χ3n) is 4.02. The molecule has 0 amide bonds. The summed E-state index contributed by atoms with van der Waals surface area (Å²) >= 11 is 0. The van der Waals surface area contributed by atoms with Gasteiger partial charge in [0.05, 0.1) is 0 Å². The van der Waals surface area contributed by atoms with Crippen molar-refractivity contribution in [2.45, 2.75) is 25.7 Å². The van der Waals surface area contributed by atoms with Gasteiger partial charge in [-0.15, -0.1) is 0 Å². The van der Waals surface area contributed by atoms with E-state index in [-0.39, 0.29) is 40.6 Å². The number of hydrogen-bond donors (Lipinski definition) is 1. The summed E-state index contributed by atoms with van der Waals surface area (Å²) in [5.41, 5.74) is 0.316. The van der Waals surface area contributed by atoms with Crippen LogP contribution < -0.4 is 0 Å². The Morgan fingerprint density at radius 2 is 1.58 bits per heavy atom. The topological polar surface area (TPSA) is 66.7 Å². The fourth-order valence-corrected chi connectivity index (χ4v) is 3.02. The lowest BCUT2D eigenvalue weighted by Gasteiger charge is -2.20. The first kappa shape index (κ1) is 12.1. The molecule has 0 aliphatic heterocycles. The molecule has 2 saturated carbocycles. The van der Waals surface area contributed by atoms with E-state index in [1.54, 1.807) is 18.2 Å². The summed E-state index contributed by atoms with van der Waals surface area (Å²) < 4.78 is 0. The zero-order chi connectivity index (χ0) is 13.4. The van der Waals surface area contributed by atoms with Gasteiger partial charge in [0.25, 0.3) is 0 Å². The summed E-state index contributed by atoms with van der Waals surface area (Å²) in [5.74, 6) is -0.641. The molecule has 0 aromatic heterocycles. The number of benzene rings is 1. The second-order valence-corrected chi connectivity index (χ2v) is 5.18. The van der Waals surface area contributed by atoms with Crippen LogP contribution in [0.25, 0.3) is 0 Å². The number of rotatable bonds is 1. The normalized spacial score (nSPS) is 26.4. The van der Waals surface area contributed by atoms with E-state index in [9.17, 15) is 14.7 Å². The fraction of sp³-hybridized carbons (Fsp3) is 0.400. The Labute approximate surface area is 111 Å². The third-order valence-corrected chi connectivity index (χ3v) is 4.02. The first-order valence-corrected chi connectivity index (χ1v) is 6.63. The average molecular weight is 257 g/mol. The van der Waals surface area contributed by atoms with Gasteiger partial charge in [0.2, 0.25) is 0 Å². The number of aromatic hydroxyl groups is 1. The molecule has 0 saturated heterocycles. The molecule has 2 aliphatic rings. The summed E-state index contributed by atoms with van der Waals surface area (Å²) in [4.78, 5) is 28.6. The predicted molar refractivity (Wildman–Crippen MR) is 70.7 cm³/mol. The molecule has 0 radical (unpaired) electrons. The molecular formula is C15H15NO3. The molecule has 19 heavy (non-hydrogen) atoms. The van der Waals surface area contributed by atoms with Crippen LogP contribution in [0.2, 0.25) is 0 Å². The van der Waals surface area contributed by atoms with E-state index < -0.39 is 0 Å². The second-order valence-electron chi connectivity index (χ2n) is 5.18. The Bertz CT molecular complexity index is 551. The summed E-state index contributed by atoms with van der Waals surface area (Å²) in [7, 11) is 0. The van der Waals surface area contributed by atoms with Crippen LogP contribution in [0.4, 0.5) is 5.69 Å². The molecule has 3 rings (SSSR count). The quantitative estimate of drug-likeness (QED) is 0.840. The minimum atomic E-state index is -0.175. The number of nitrogens with zero attached hydrogens (tertiary/aromatic N) is 1. The Morgan fingerprint density at radius 3 is 2.16 bits per heavy atom. The Kier molecular flexibility index (Phi) is 2.93. The van der Waals surface area contributed by atoms with E-state index in [0.717, 1.165) is 25.7 Å². The van der Waals surface area contributed by atoms with Crippen molar-refractivity contribution in [2.24, 2.45) is 16.8 Å². The van der Waals surface area contributed by atoms with Crippen molar-refractivity contribution in [3.63, 3.8) is 0 Å². The van der Waals surface area contributed by atoms with Crippen LogP contribution in [0, 0.1) is 11.8 Å². The zero-order valence-corrected chi connectivity index (χ0v) is 10.5. The van der Waals surface area contributed by atoms with Crippen molar-refractivity contribution in [3.8, 4) is 5.75 Å². The number of phenolic OH excluding ortho intramolecular Hbond substituents is 1. The third kappa shape index (κ3) is 1.97. The van der Waals surface area contributed by atoms with Crippen LogP contribution in [-0.2, 0) is 9.59 Å². The van der Waals surface area contributed by atoms with Gasteiger partial charge in [0, 0.05) is 11.8 Å². The number of Topliss-reactive ketones (excluding diaryl/α,β-unsaturated/α-hetero) is 2. The van der Waals surface area contributed by atoms with E-state index in [0.29, 0.717) is 0 Å². The lowest BCUT2D eigenvalue weighted by atomic mass is 9.81. The van der Waals surface area contributed by atoms with E-state index in [1.165, 1.54) is 6.07 Å². The van der Waals surface area contributed by atoms with Crippen molar-refractivity contribution in [2.75, 3.05) is 0 Å². The summed E-state index contributed by atoms with van der Waals surface area (Å²) in [5, 5.41) is 9.67. The number of fused-ring (bicyclic) bond motifs is 1. The standard InChI is InChI=1S/C15H15NO3/c17-12-8-4-3-7-11(12)16-13-14(18)9-5-1-2-6-10(9)15(13)19/h3-4,7-10,17H,1-2,5-6H2. The molecule has 98 valence electrons. The highest BCUT2D eigenvalue weighted by atomic mass is 16.3. The monoisotopic (exact) mass is 257 g/mol. The molecule has 0 heterocycles. The van der Waals surface area contributed by atoms with Gasteiger partial charge >= 0.3 is 0 Å². The van der Waals surface area contributed by atoms with Crippen LogP contribution in [0.15, 0.2) is 29.3 Å². The lowest BCUT2D eigenvalue weighted by molar-refractivity contribution is -0.120. The number of aliphatic imine (C=N–C) groups is 1. The number of phenols is 1. The molecular weight excluding hydrogens is 242 g/mol. The maximum atomic E-state index is 12.2. The van der Waals surface area contributed by atoms with Crippen molar-refractivity contribution >= 4 is 23.0 Å². The fourth-order valence-electron chi connectivity index (χ4n) is 3.02. The molecule has 1 N–H and O–H groups in total. The Balaban J connectivity index is 1.99. The van der Waals surface area contributed by atoms with Gasteiger partial charge in [-0.3, -0.25) is 9.59 Å². The average Bonchev–Trinajstić information content (AvgIpc) is 2.67. The molecule has 1 aromatic carbocycles. The number of hydrogen-bond acceptors (Lipinski definition) is 4.